The molecule has 1 rings (SSSR count). The Kier molecular flexibility index (Phi) is 5.07. The summed E-state index contributed by atoms with van der Waals surface area (Å²) in [5, 5.41) is 13.8. The van der Waals surface area contributed by atoms with Crippen LogP contribution in [-0.4, -0.2) is 27.7 Å². The van der Waals surface area contributed by atoms with Crippen molar-refractivity contribution in [2.75, 3.05) is 23.9 Å². The summed E-state index contributed by atoms with van der Waals surface area (Å²) < 4.78 is 11.5. The van der Waals surface area contributed by atoms with Gasteiger partial charge in [-0.15, -0.1) is 0 Å². The van der Waals surface area contributed by atoms with E-state index in [1.807, 2.05) is 0 Å². The number of hydrogen-bond acceptors (Lipinski definition) is 4. The predicted molar refractivity (Wildman–Crippen MR) is 73.0 cm³/mol. The lowest BCUT2D eigenvalue weighted by Gasteiger charge is -2.09. The van der Waals surface area contributed by atoms with Crippen LogP contribution in [0.2, 0.25) is 0 Å². The van der Waals surface area contributed by atoms with Crippen LogP contribution < -0.4 is 5.32 Å². The molecule has 94 valence electrons. The first kappa shape index (κ1) is 14.1. The highest BCUT2D eigenvalue weighted by atomic mass is 79.9. The van der Waals surface area contributed by atoms with Crippen LogP contribution >= 0.6 is 15.9 Å². The molecule has 1 aromatic carbocycles. The fraction of sp³-hybridized carbons (Fsp3) is 0.400. The van der Waals surface area contributed by atoms with Crippen molar-refractivity contribution < 1.29 is 9.13 Å². The van der Waals surface area contributed by atoms with Gasteiger partial charge in [-0.2, -0.15) is 0 Å². The van der Waals surface area contributed by atoms with Crippen molar-refractivity contribution in [3.8, 4) is 0 Å². The van der Waals surface area contributed by atoms with Gasteiger partial charge in [0.2, 0.25) is 0 Å². The van der Waals surface area contributed by atoms with Gasteiger partial charge in [0.25, 0.3) is 5.69 Å². The van der Waals surface area contributed by atoms with E-state index >= 15 is 0 Å². The molecule has 5 nitrogen and oxygen atoms in total. The molecule has 0 fully saturated rings. The molecule has 0 aliphatic heterocycles. The van der Waals surface area contributed by atoms with E-state index in [2.05, 4.69) is 21.2 Å². The Bertz CT molecular complexity index is 465. The van der Waals surface area contributed by atoms with Gasteiger partial charge in [-0.1, -0.05) is 0 Å². The molecule has 1 N–H and O–H groups in total. The molecule has 0 saturated heterocycles. The summed E-state index contributed by atoms with van der Waals surface area (Å²) in [4.78, 5) is 10.3. The van der Waals surface area contributed by atoms with Gasteiger partial charge in [0.05, 0.1) is 4.92 Å². The van der Waals surface area contributed by atoms with Crippen LogP contribution in [0.1, 0.15) is 5.56 Å². The zero-order valence-electron chi connectivity index (χ0n) is 9.53. The first-order chi connectivity index (χ1) is 7.91. The maximum Gasteiger partial charge on any atom is 0.273 e. The molecular weight excluding hydrogens is 308 g/mol. The van der Waals surface area contributed by atoms with Crippen molar-refractivity contribution in [1.29, 1.82) is 0 Å². The van der Waals surface area contributed by atoms with Gasteiger partial charge in [-0.25, -0.2) is 0 Å². The molecule has 1 unspecified atom stereocenters. The van der Waals surface area contributed by atoms with Crippen LogP contribution in [0.3, 0.4) is 0 Å². The number of nitro benzene ring substituents is 1. The number of nitrogens with one attached hydrogen (secondary N) is 1. The number of halogens is 1. The van der Waals surface area contributed by atoms with Gasteiger partial charge in [-0.3, -0.25) is 14.3 Å². The van der Waals surface area contributed by atoms with E-state index in [0.29, 0.717) is 22.3 Å². The SMILES string of the molecule is Cc1cc(NCCS(C)=O)c(Br)cc1[N+](=O)[O-]. The zero-order valence-corrected chi connectivity index (χ0v) is 11.9. The van der Waals surface area contributed by atoms with Crippen LogP contribution in [0.25, 0.3) is 0 Å². The number of rotatable bonds is 5. The largest absolute Gasteiger partial charge is 0.383 e. The Morgan fingerprint density at radius 2 is 2.18 bits per heavy atom. The molecule has 0 aliphatic rings. The van der Waals surface area contributed by atoms with Crippen LogP contribution in [0.4, 0.5) is 11.4 Å². The summed E-state index contributed by atoms with van der Waals surface area (Å²) in [7, 11) is -0.849. The fourth-order valence-corrected chi connectivity index (χ4v) is 2.19. The topological polar surface area (TPSA) is 72.2 Å². The van der Waals surface area contributed by atoms with Crippen molar-refractivity contribution in [3.63, 3.8) is 0 Å². The molecule has 17 heavy (non-hydrogen) atoms. The van der Waals surface area contributed by atoms with Crippen molar-refractivity contribution >= 4 is 38.1 Å². The second-order valence-corrected chi connectivity index (χ2v) is 5.99. The molecular formula is C10H13BrN2O3S. The van der Waals surface area contributed by atoms with E-state index in [-0.39, 0.29) is 5.69 Å². The molecule has 1 aromatic rings. The quantitative estimate of drug-likeness (QED) is 0.668. The first-order valence-corrected chi connectivity index (χ1v) is 7.42. The Hall–Kier alpha value is -0.950. The number of anilines is 1. The molecule has 1 atom stereocenters. The molecule has 0 aromatic heterocycles. The molecule has 7 heteroatoms. The van der Waals surface area contributed by atoms with E-state index in [1.54, 1.807) is 19.2 Å². The van der Waals surface area contributed by atoms with Crippen molar-refractivity contribution in [2.24, 2.45) is 0 Å². The van der Waals surface area contributed by atoms with E-state index in [1.165, 1.54) is 6.07 Å². The second-order valence-electron chi connectivity index (χ2n) is 3.58. The molecule has 0 bridgehead atoms. The fourth-order valence-electron chi connectivity index (χ4n) is 1.33. The molecule has 0 aliphatic carbocycles. The maximum atomic E-state index is 10.9. The van der Waals surface area contributed by atoms with Gasteiger partial charge in [0.15, 0.2) is 0 Å². The summed E-state index contributed by atoms with van der Waals surface area (Å²) in [6, 6.07) is 3.18. The average molecular weight is 321 g/mol. The number of nitrogens with zero attached hydrogens (tertiary/aromatic N) is 1. The molecule has 0 saturated carbocycles. The predicted octanol–water partition coefficient (Wildman–Crippen LogP) is 2.46. The normalized spacial score (nSPS) is 12.2. The minimum Gasteiger partial charge on any atom is -0.383 e. The number of aryl methyl sites for hydroxylation is 1. The van der Waals surface area contributed by atoms with Gasteiger partial charge in [0, 0.05) is 51.1 Å². The third-order valence-electron chi connectivity index (χ3n) is 2.19. The van der Waals surface area contributed by atoms with E-state index in [9.17, 15) is 14.3 Å². The van der Waals surface area contributed by atoms with Crippen LogP contribution in [0, 0.1) is 17.0 Å². The third kappa shape index (κ3) is 4.08. The Morgan fingerprint density at radius 1 is 1.53 bits per heavy atom. The Labute approximate surface area is 110 Å². The molecule has 0 amide bonds. The monoisotopic (exact) mass is 320 g/mol. The second kappa shape index (κ2) is 6.11. The van der Waals surface area contributed by atoms with Crippen LogP contribution in [0.5, 0.6) is 0 Å². The van der Waals surface area contributed by atoms with Crippen molar-refractivity contribution in [3.05, 3.63) is 32.3 Å². The highest BCUT2D eigenvalue weighted by Crippen LogP contribution is 2.30. The summed E-state index contributed by atoms with van der Waals surface area (Å²) in [6.45, 7) is 2.26. The minimum absolute atomic E-state index is 0.0847. The standard InChI is InChI=1S/C10H13BrN2O3S/c1-7-5-9(12-3-4-17(2)16)8(11)6-10(7)13(14)15/h5-6,12H,3-4H2,1-2H3. The van der Waals surface area contributed by atoms with Crippen molar-refractivity contribution in [2.45, 2.75) is 6.92 Å². The average Bonchev–Trinajstić information content (AvgIpc) is 2.21. The van der Waals surface area contributed by atoms with Gasteiger partial charge in [0.1, 0.15) is 0 Å². The molecule has 0 radical (unpaired) electrons. The summed E-state index contributed by atoms with van der Waals surface area (Å²) in [5.41, 5.74) is 1.46. The number of nitro groups is 1. The van der Waals surface area contributed by atoms with E-state index in [4.69, 9.17) is 0 Å². The highest BCUT2D eigenvalue weighted by molar-refractivity contribution is 9.10. The van der Waals surface area contributed by atoms with Crippen molar-refractivity contribution in [1.82, 2.24) is 0 Å². The number of benzene rings is 1. The minimum atomic E-state index is -0.849. The lowest BCUT2D eigenvalue weighted by atomic mass is 10.2. The Morgan fingerprint density at radius 3 is 2.71 bits per heavy atom. The smallest absolute Gasteiger partial charge is 0.273 e. The lowest BCUT2D eigenvalue weighted by molar-refractivity contribution is -0.385. The van der Waals surface area contributed by atoms with Crippen LogP contribution in [0.15, 0.2) is 16.6 Å². The lowest BCUT2D eigenvalue weighted by Crippen LogP contribution is -2.10. The van der Waals surface area contributed by atoms with E-state index < -0.39 is 15.7 Å². The van der Waals surface area contributed by atoms with Gasteiger partial charge >= 0.3 is 0 Å². The third-order valence-corrected chi connectivity index (χ3v) is 3.62. The summed E-state index contributed by atoms with van der Waals surface area (Å²) in [5.74, 6) is 0.544. The Balaban J connectivity index is 2.84. The van der Waals surface area contributed by atoms with Gasteiger partial charge < -0.3 is 5.32 Å². The first-order valence-electron chi connectivity index (χ1n) is 4.90. The summed E-state index contributed by atoms with van der Waals surface area (Å²) >= 11 is 3.27. The highest BCUT2D eigenvalue weighted by Gasteiger charge is 2.13. The molecule has 0 spiro atoms. The maximum absolute atomic E-state index is 10.9. The number of hydrogen-bond donors (Lipinski definition) is 1. The van der Waals surface area contributed by atoms with E-state index in [0.717, 1.165) is 5.69 Å². The van der Waals surface area contributed by atoms with Gasteiger partial charge in [-0.05, 0) is 28.9 Å². The molecule has 0 heterocycles. The van der Waals surface area contributed by atoms with Crippen LogP contribution in [-0.2, 0) is 10.8 Å². The zero-order chi connectivity index (χ0) is 13.0. The summed E-state index contributed by atoms with van der Waals surface area (Å²) in [6.07, 6.45) is 1.64.